The average molecular weight is 365 g/mol. The maximum Gasteiger partial charge on any atom is 0.233 e. The highest BCUT2D eigenvalue weighted by molar-refractivity contribution is 5.66. The number of nitrogens with zero attached hydrogens (tertiary/aromatic N) is 3. The number of aliphatic hydroxyl groups excluding tert-OH is 1. The molecule has 2 aromatic heterocycles. The van der Waals surface area contributed by atoms with Crippen LogP contribution in [0.3, 0.4) is 0 Å². The van der Waals surface area contributed by atoms with E-state index in [2.05, 4.69) is 15.0 Å². The molecular weight excluding hydrogens is 346 g/mol. The van der Waals surface area contributed by atoms with Gasteiger partial charge < -0.3 is 19.3 Å². The molecule has 0 spiro atoms. The Bertz CT molecular complexity index is 901. The number of ether oxygens (including phenoxy) is 3. The number of hydrogen-bond acceptors (Lipinski definition) is 7. The molecule has 1 saturated heterocycles. The molecule has 7 heteroatoms. The van der Waals surface area contributed by atoms with Crippen LogP contribution in [0.25, 0.3) is 11.3 Å². The van der Waals surface area contributed by atoms with Gasteiger partial charge in [-0.3, -0.25) is 9.97 Å². The number of aliphatic hydroxyl groups is 1. The summed E-state index contributed by atoms with van der Waals surface area (Å²) in [4.78, 5) is 13.0. The average Bonchev–Trinajstić information content (AvgIpc) is 2.70. The van der Waals surface area contributed by atoms with Crippen molar-refractivity contribution in [2.75, 3.05) is 13.2 Å². The van der Waals surface area contributed by atoms with Crippen molar-refractivity contribution in [2.45, 2.75) is 19.3 Å². The van der Waals surface area contributed by atoms with Crippen molar-refractivity contribution in [3.05, 3.63) is 66.2 Å². The third-order valence-electron chi connectivity index (χ3n) is 4.11. The molecule has 0 amide bonds. The molecule has 1 aromatic carbocycles. The van der Waals surface area contributed by atoms with Gasteiger partial charge in [0.15, 0.2) is 0 Å². The summed E-state index contributed by atoms with van der Waals surface area (Å²) in [6.45, 7) is 1.34. The fourth-order valence-corrected chi connectivity index (χ4v) is 2.61. The quantitative estimate of drug-likeness (QED) is 0.688. The van der Waals surface area contributed by atoms with Crippen LogP contribution >= 0.6 is 0 Å². The lowest BCUT2D eigenvalue weighted by molar-refractivity contribution is -0.0814. The minimum Gasteiger partial charge on any atom is -0.487 e. The molecule has 0 unspecified atom stereocenters. The maximum absolute atomic E-state index is 9.44. The van der Waals surface area contributed by atoms with Crippen molar-refractivity contribution in [1.29, 1.82) is 0 Å². The van der Waals surface area contributed by atoms with Crippen LogP contribution in [0.15, 0.2) is 55.0 Å². The second-order valence-corrected chi connectivity index (χ2v) is 6.12. The first-order chi connectivity index (χ1) is 13.3. The van der Waals surface area contributed by atoms with E-state index in [0.717, 1.165) is 5.56 Å². The van der Waals surface area contributed by atoms with Crippen LogP contribution in [0.4, 0.5) is 0 Å². The third kappa shape index (κ3) is 4.21. The second kappa shape index (κ2) is 8.11. The Morgan fingerprint density at radius 1 is 1.11 bits per heavy atom. The molecule has 1 N–H and O–H groups in total. The van der Waals surface area contributed by atoms with Gasteiger partial charge in [-0.25, -0.2) is 4.98 Å². The SMILES string of the molecule is OCc1cc(-c2cncc(OC3COC3)n2)c(OCc2ccccc2)cn1. The second-order valence-electron chi connectivity index (χ2n) is 6.12. The van der Waals surface area contributed by atoms with Crippen molar-refractivity contribution in [3.8, 4) is 22.9 Å². The summed E-state index contributed by atoms with van der Waals surface area (Å²) in [6, 6.07) is 11.6. The molecule has 0 atom stereocenters. The zero-order valence-corrected chi connectivity index (χ0v) is 14.6. The lowest BCUT2D eigenvalue weighted by atomic mass is 10.1. The fourth-order valence-electron chi connectivity index (χ4n) is 2.61. The fraction of sp³-hybridized carbons (Fsp3) is 0.250. The van der Waals surface area contributed by atoms with Gasteiger partial charge in [0.1, 0.15) is 18.5 Å². The van der Waals surface area contributed by atoms with E-state index in [1.807, 2.05) is 30.3 Å². The summed E-state index contributed by atoms with van der Waals surface area (Å²) >= 11 is 0. The topological polar surface area (TPSA) is 86.6 Å². The van der Waals surface area contributed by atoms with Crippen molar-refractivity contribution in [2.24, 2.45) is 0 Å². The molecule has 0 bridgehead atoms. The Kier molecular flexibility index (Phi) is 5.22. The van der Waals surface area contributed by atoms with Crippen LogP contribution in [0.2, 0.25) is 0 Å². The number of benzene rings is 1. The van der Waals surface area contributed by atoms with Gasteiger partial charge >= 0.3 is 0 Å². The van der Waals surface area contributed by atoms with Crippen LogP contribution in [0, 0.1) is 0 Å². The summed E-state index contributed by atoms with van der Waals surface area (Å²) in [5, 5.41) is 9.44. The highest BCUT2D eigenvalue weighted by Gasteiger charge is 2.21. The lowest BCUT2D eigenvalue weighted by Crippen LogP contribution is -2.38. The van der Waals surface area contributed by atoms with Gasteiger partial charge in [-0.15, -0.1) is 0 Å². The Morgan fingerprint density at radius 3 is 2.70 bits per heavy atom. The molecule has 0 saturated carbocycles. The van der Waals surface area contributed by atoms with E-state index in [1.165, 1.54) is 0 Å². The van der Waals surface area contributed by atoms with E-state index in [1.54, 1.807) is 24.7 Å². The normalized spacial score (nSPS) is 13.8. The highest BCUT2D eigenvalue weighted by atomic mass is 16.6. The van der Waals surface area contributed by atoms with Crippen molar-refractivity contribution >= 4 is 0 Å². The molecule has 0 aliphatic carbocycles. The zero-order chi connectivity index (χ0) is 18.5. The summed E-state index contributed by atoms with van der Waals surface area (Å²) in [5.74, 6) is 0.992. The monoisotopic (exact) mass is 365 g/mol. The molecular formula is C20H19N3O4. The third-order valence-corrected chi connectivity index (χ3v) is 4.11. The van der Waals surface area contributed by atoms with Gasteiger partial charge in [-0.05, 0) is 11.6 Å². The number of pyridine rings is 1. The Morgan fingerprint density at radius 2 is 1.96 bits per heavy atom. The highest BCUT2D eigenvalue weighted by Crippen LogP contribution is 2.30. The minimum atomic E-state index is -0.172. The molecule has 138 valence electrons. The Balaban J connectivity index is 1.60. The first-order valence-electron chi connectivity index (χ1n) is 8.65. The summed E-state index contributed by atoms with van der Waals surface area (Å²) < 4.78 is 16.8. The van der Waals surface area contributed by atoms with Gasteiger partial charge in [0.2, 0.25) is 5.88 Å². The molecule has 7 nitrogen and oxygen atoms in total. The predicted molar refractivity (Wildman–Crippen MR) is 97.2 cm³/mol. The van der Waals surface area contributed by atoms with Gasteiger partial charge in [0, 0.05) is 5.56 Å². The predicted octanol–water partition coefficient (Wildman–Crippen LogP) is 2.39. The van der Waals surface area contributed by atoms with E-state index in [-0.39, 0.29) is 12.7 Å². The van der Waals surface area contributed by atoms with Crippen LogP contribution in [0.1, 0.15) is 11.3 Å². The van der Waals surface area contributed by atoms with Crippen molar-refractivity contribution in [1.82, 2.24) is 15.0 Å². The standard InChI is InChI=1S/C20H19N3O4/c24-10-15-6-17(18-7-21-9-20(23-18)27-16-12-25-13-16)19(8-22-15)26-11-14-4-2-1-3-5-14/h1-9,16,24H,10-13H2. The molecule has 3 aromatic rings. The van der Waals surface area contributed by atoms with Crippen molar-refractivity contribution in [3.63, 3.8) is 0 Å². The molecule has 3 heterocycles. The van der Waals surface area contributed by atoms with E-state index < -0.39 is 0 Å². The summed E-state index contributed by atoms with van der Waals surface area (Å²) in [6.07, 6.45) is 4.81. The largest absolute Gasteiger partial charge is 0.487 e. The summed E-state index contributed by atoms with van der Waals surface area (Å²) in [7, 11) is 0. The van der Waals surface area contributed by atoms with Gasteiger partial charge in [0.25, 0.3) is 0 Å². The Hall–Kier alpha value is -3.03. The summed E-state index contributed by atoms with van der Waals surface area (Å²) in [5.41, 5.74) is 2.86. The lowest BCUT2D eigenvalue weighted by Gasteiger charge is -2.26. The van der Waals surface area contributed by atoms with Gasteiger partial charge in [0.05, 0.1) is 49.8 Å². The van der Waals surface area contributed by atoms with Crippen LogP contribution in [-0.4, -0.2) is 39.4 Å². The van der Waals surface area contributed by atoms with Crippen LogP contribution in [-0.2, 0) is 18.0 Å². The first kappa shape index (κ1) is 17.4. The first-order valence-corrected chi connectivity index (χ1v) is 8.65. The van der Waals surface area contributed by atoms with E-state index in [9.17, 15) is 5.11 Å². The number of hydrogen-bond donors (Lipinski definition) is 1. The van der Waals surface area contributed by atoms with E-state index in [0.29, 0.717) is 48.4 Å². The smallest absolute Gasteiger partial charge is 0.233 e. The molecule has 1 fully saturated rings. The molecule has 0 radical (unpaired) electrons. The zero-order valence-electron chi connectivity index (χ0n) is 14.6. The van der Waals surface area contributed by atoms with Gasteiger partial charge in [-0.2, -0.15) is 0 Å². The molecule has 27 heavy (non-hydrogen) atoms. The molecule has 4 rings (SSSR count). The maximum atomic E-state index is 9.44. The van der Waals surface area contributed by atoms with Crippen LogP contribution < -0.4 is 9.47 Å². The number of rotatable bonds is 7. The molecule has 1 aliphatic heterocycles. The number of aromatic nitrogens is 3. The van der Waals surface area contributed by atoms with E-state index in [4.69, 9.17) is 14.2 Å². The minimum absolute atomic E-state index is 0.00814. The van der Waals surface area contributed by atoms with Gasteiger partial charge in [-0.1, -0.05) is 30.3 Å². The van der Waals surface area contributed by atoms with E-state index >= 15 is 0 Å². The van der Waals surface area contributed by atoms with Crippen LogP contribution in [0.5, 0.6) is 11.6 Å². The Labute approximate surface area is 156 Å². The molecule has 1 aliphatic rings. The van der Waals surface area contributed by atoms with Crippen molar-refractivity contribution < 1.29 is 19.3 Å².